The Kier molecular flexibility index (Phi) is 6.35. The first-order valence-corrected chi connectivity index (χ1v) is 8.19. The van der Waals surface area contributed by atoms with Crippen LogP contribution in [0.4, 0.5) is 8.78 Å². The van der Waals surface area contributed by atoms with Crippen LogP contribution in [-0.2, 0) is 14.3 Å². The maximum atomic E-state index is 13.1. The molecule has 1 aromatic carbocycles. The van der Waals surface area contributed by atoms with Crippen LogP contribution in [0.3, 0.4) is 0 Å². The molecule has 0 radical (unpaired) electrons. The zero-order valence-electron chi connectivity index (χ0n) is 12.7. The summed E-state index contributed by atoms with van der Waals surface area (Å²) in [5, 5.41) is 2.61. The average Bonchev–Trinajstić information content (AvgIpc) is 2.56. The molecule has 0 aliphatic carbocycles. The van der Waals surface area contributed by atoms with Crippen molar-refractivity contribution in [3.05, 3.63) is 29.8 Å². The molecule has 1 heterocycles. The van der Waals surface area contributed by atoms with Gasteiger partial charge in [-0.1, -0.05) is 0 Å². The van der Waals surface area contributed by atoms with Gasteiger partial charge in [0.2, 0.25) is 11.8 Å². The molecule has 1 saturated heterocycles. The number of benzene rings is 1. The van der Waals surface area contributed by atoms with Crippen LogP contribution in [0, 0.1) is 11.6 Å². The number of morpholine rings is 1. The molecule has 2 amide bonds. The number of carbonyl (C=O) groups is 2. The quantitative estimate of drug-likeness (QED) is 0.821. The van der Waals surface area contributed by atoms with E-state index in [1.165, 1.54) is 6.07 Å². The summed E-state index contributed by atoms with van der Waals surface area (Å²) in [6.45, 7) is 3.65. The van der Waals surface area contributed by atoms with Crippen molar-refractivity contribution in [1.29, 1.82) is 0 Å². The van der Waals surface area contributed by atoms with Gasteiger partial charge < -0.3 is 15.0 Å². The zero-order chi connectivity index (χ0) is 16.8. The number of nitrogens with one attached hydrogen (secondary N) is 1. The van der Waals surface area contributed by atoms with Gasteiger partial charge in [0, 0.05) is 18.0 Å². The Labute approximate surface area is 137 Å². The minimum Gasteiger partial charge on any atom is -0.378 e. The second kappa shape index (κ2) is 8.26. The molecule has 0 aromatic heterocycles. The summed E-state index contributed by atoms with van der Waals surface area (Å²) >= 11 is 1.08. The molecular weight excluding hydrogens is 326 g/mol. The molecule has 1 N–H and O–H groups in total. The van der Waals surface area contributed by atoms with Gasteiger partial charge in [0.05, 0.1) is 19.0 Å². The Balaban J connectivity index is 1.79. The number of halogens is 2. The normalized spacial score (nSPS) is 16.0. The average molecular weight is 344 g/mol. The number of ether oxygens (including phenoxy) is 1. The van der Waals surface area contributed by atoms with Crippen molar-refractivity contribution in [3.8, 4) is 0 Å². The monoisotopic (exact) mass is 344 g/mol. The fourth-order valence-corrected chi connectivity index (χ4v) is 2.85. The van der Waals surface area contributed by atoms with Crippen LogP contribution >= 0.6 is 11.8 Å². The Bertz CT molecular complexity index is 580. The number of hydrogen-bond acceptors (Lipinski definition) is 4. The van der Waals surface area contributed by atoms with E-state index in [0.29, 0.717) is 31.2 Å². The highest BCUT2D eigenvalue weighted by Gasteiger charge is 2.23. The molecule has 0 unspecified atom stereocenters. The van der Waals surface area contributed by atoms with Crippen LogP contribution in [0.15, 0.2) is 23.1 Å². The van der Waals surface area contributed by atoms with Crippen LogP contribution in [-0.4, -0.2) is 54.8 Å². The summed E-state index contributed by atoms with van der Waals surface area (Å²) in [7, 11) is 0. The fourth-order valence-electron chi connectivity index (χ4n) is 2.12. The van der Waals surface area contributed by atoms with Gasteiger partial charge in [-0.05, 0) is 25.1 Å². The van der Waals surface area contributed by atoms with E-state index in [9.17, 15) is 18.4 Å². The van der Waals surface area contributed by atoms with Gasteiger partial charge in [0.1, 0.15) is 6.04 Å². The molecule has 0 saturated carbocycles. The van der Waals surface area contributed by atoms with E-state index in [-0.39, 0.29) is 17.6 Å². The highest BCUT2D eigenvalue weighted by atomic mass is 32.2. The smallest absolute Gasteiger partial charge is 0.245 e. The Hall–Kier alpha value is -1.67. The number of rotatable bonds is 5. The first-order chi connectivity index (χ1) is 11.0. The van der Waals surface area contributed by atoms with Crippen molar-refractivity contribution in [2.45, 2.75) is 17.9 Å². The molecule has 1 aliphatic heterocycles. The van der Waals surface area contributed by atoms with Gasteiger partial charge in [-0.3, -0.25) is 9.59 Å². The maximum Gasteiger partial charge on any atom is 0.245 e. The molecule has 8 heteroatoms. The molecule has 23 heavy (non-hydrogen) atoms. The third-order valence-corrected chi connectivity index (χ3v) is 4.33. The Morgan fingerprint density at radius 2 is 2.00 bits per heavy atom. The number of hydrogen-bond donors (Lipinski definition) is 1. The number of amides is 2. The van der Waals surface area contributed by atoms with Gasteiger partial charge in [-0.15, -0.1) is 11.8 Å². The SMILES string of the molecule is C[C@H](NC(=O)CSc1ccc(F)c(F)c1)C(=O)N1CCOCC1. The van der Waals surface area contributed by atoms with Crippen molar-refractivity contribution in [3.63, 3.8) is 0 Å². The number of carbonyl (C=O) groups excluding carboxylic acids is 2. The van der Waals surface area contributed by atoms with Gasteiger partial charge >= 0.3 is 0 Å². The second-order valence-electron chi connectivity index (χ2n) is 5.09. The summed E-state index contributed by atoms with van der Waals surface area (Å²) in [5.41, 5.74) is 0. The third kappa shape index (κ3) is 5.18. The van der Waals surface area contributed by atoms with Crippen molar-refractivity contribution in [1.82, 2.24) is 10.2 Å². The lowest BCUT2D eigenvalue weighted by molar-refractivity contribution is -0.139. The molecular formula is C15H18F2N2O3S. The van der Waals surface area contributed by atoms with E-state index in [1.54, 1.807) is 11.8 Å². The number of nitrogens with zero attached hydrogens (tertiary/aromatic N) is 1. The Morgan fingerprint density at radius 3 is 2.65 bits per heavy atom. The van der Waals surface area contributed by atoms with Crippen LogP contribution in [0.5, 0.6) is 0 Å². The summed E-state index contributed by atoms with van der Waals surface area (Å²) < 4.78 is 31.1. The van der Waals surface area contributed by atoms with Gasteiger partial charge in [-0.2, -0.15) is 0 Å². The zero-order valence-corrected chi connectivity index (χ0v) is 13.5. The lowest BCUT2D eigenvalue weighted by Crippen LogP contribution is -2.50. The highest BCUT2D eigenvalue weighted by molar-refractivity contribution is 8.00. The maximum absolute atomic E-state index is 13.1. The van der Waals surface area contributed by atoms with Crippen LogP contribution in [0.2, 0.25) is 0 Å². The molecule has 1 aromatic rings. The molecule has 126 valence electrons. The summed E-state index contributed by atoms with van der Waals surface area (Å²) in [6, 6.07) is 2.82. The van der Waals surface area contributed by atoms with Gasteiger partial charge in [-0.25, -0.2) is 8.78 Å². The first-order valence-electron chi connectivity index (χ1n) is 7.21. The third-order valence-electron chi connectivity index (χ3n) is 3.33. The molecule has 2 rings (SSSR count). The van der Waals surface area contributed by atoms with Gasteiger partial charge in [0.15, 0.2) is 11.6 Å². The van der Waals surface area contributed by atoms with Crippen molar-refractivity contribution in [2.24, 2.45) is 0 Å². The van der Waals surface area contributed by atoms with E-state index < -0.39 is 17.7 Å². The van der Waals surface area contributed by atoms with Crippen LogP contribution < -0.4 is 5.32 Å². The minimum atomic E-state index is -0.953. The van der Waals surface area contributed by atoms with E-state index in [4.69, 9.17) is 4.74 Å². The van der Waals surface area contributed by atoms with Crippen LogP contribution in [0.25, 0.3) is 0 Å². The lowest BCUT2D eigenvalue weighted by Gasteiger charge is -2.29. The fraction of sp³-hybridized carbons (Fsp3) is 0.467. The van der Waals surface area contributed by atoms with E-state index in [0.717, 1.165) is 23.9 Å². The molecule has 1 atom stereocenters. The van der Waals surface area contributed by atoms with Crippen molar-refractivity contribution in [2.75, 3.05) is 32.1 Å². The van der Waals surface area contributed by atoms with E-state index >= 15 is 0 Å². The van der Waals surface area contributed by atoms with Gasteiger partial charge in [0.25, 0.3) is 0 Å². The predicted octanol–water partition coefficient (Wildman–Crippen LogP) is 1.42. The molecule has 0 spiro atoms. The largest absolute Gasteiger partial charge is 0.378 e. The standard InChI is InChI=1S/C15H18F2N2O3S/c1-10(15(21)19-4-6-22-7-5-19)18-14(20)9-23-11-2-3-12(16)13(17)8-11/h2-3,8,10H,4-7,9H2,1H3,(H,18,20)/t10-/m0/s1. The second-order valence-corrected chi connectivity index (χ2v) is 6.14. The van der Waals surface area contributed by atoms with E-state index in [1.807, 2.05) is 0 Å². The van der Waals surface area contributed by atoms with Crippen LogP contribution in [0.1, 0.15) is 6.92 Å². The highest BCUT2D eigenvalue weighted by Crippen LogP contribution is 2.20. The minimum absolute atomic E-state index is 0.0196. The summed E-state index contributed by atoms with van der Waals surface area (Å²) in [5.74, 6) is -2.35. The molecule has 1 fully saturated rings. The topological polar surface area (TPSA) is 58.6 Å². The summed E-state index contributed by atoms with van der Waals surface area (Å²) in [4.78, 5) is 26.1. The molecule has 5 nitrogen and oxygen atoms in total. The van der Waals surface area contributed by atoms with Crippen molar-refractivity contribution >= 4 is 23.6 Å². The summed E-state index contributed by atoms with van der Waals surface area (Å²) in [6.07, 6.45) is 0. The number of thioether (sulfide) groups is 1. The predicted molar refractivity (Wildman–Crippen MR) is 82.1 cm³/mol. The van der Waals surface area contributed by atoms with E-state index in [2.05, 4.69) is 5.32 Å². The Morgan fingerprint density at radius 1 is 1.30 bits per heavy atom. The van der Waals surface area contributed by atoms with Crippen molar-refractivity contribution < 1.29 is 23.1 Å². The molecule has 1 aliphatic rings. The lowest BCUT2D eigenvalue weighted by atomic mass is 10.2. The first kappa shape index (κ1) is 17.7. The molecule has 0 bridgehead atoms.